The van der Waals surface area contributed by atoms with Crippen molar-refractivity contribution in [1.29, 1.82) is 0 Å². The number of nitrogens with zero attached hydrogens (tertiary/aromatic N) is 2. The summed E-state index contributed by atoms with van der Waals surface area (Å²) in [6, 6.07) is 5.46. The molecule has 1 aromatic rings. The van der Waals surface area contributed by atoms with Gasteiger partial charge >= 0.3 is 13.8 Å². The fourth-order valence-corrected chi connectivity index (χ4v) is 3.53. The summed E-state index contributed by atoms with van der Waals surface area (Å²) in [5.41, 5.74) is -0.0413. The maximum Gasteiger partial charge on any atom is 0.469 e. The second-order valence-electron chi connectivity index (χ2n) is 8.51. The summed E-state index contributed by atoms with van der Waals surface area (Å²) in [6.45, 7) is 1.53. The second-order valence-corrected chi connectivity index (χ2v) is 9.75. The molecule has 32 heavy (non-hydrogen) atoms. The zero-order chi connectivity index (χ0) is 24.0. The molecule has 10 nitrogen and oxygen atoms in total. The lowest BCUT2D eigenvalue weighted by atomic mass is 10.1. The van der Waals surface area contributed by atoms with Gasteiger partial charge in [-0.2, -0.15) is 0 Å². The second kappa shape index (κ2) is 14.3. The molecule has 0 atom stereocenters. The summed E-state index contributed by atoms with van der Waals surface area (Å²) in [6.07, 6.45) is 8.67. The Balaban J connectivity index is 1.99. The number of phosphoric acid groups is 1. The topological polar surface area (TPSA) is 136 Å². The van der Waals surface area contributed by atoms with Crippen LogP contribution in [0.15, 0.2) is 24.3 Å². The number of non-ortho nitro benzene ring substituents is 1. The molecule has 0 unspecified atom stereocenters. The third kappa shape index (κ3) is 14.3. The number of ether oxygens (including phenoxy) is 1. The Morgan fingerprint density at radius 2 is 1.50 bits per heavy atom. The molecule has 0 heterocycles. The van der Waals surface area contributed by atoms with E-state index >= 15 is 0 Å². The molecule has 0 radical (unpaired) electrons. The van der Waals surface area contributed by atoms with Crippen LogP contribution in [0.1, 0.15) is 57.8 Å². The highest BCUT2D eigenvalue weighted by Crippen LogP contribution is 2.35. The number of hydrogen-bond donors (Lipinski definition) is 2. The first-order chi connectivity index (χ1) is 15.0. The van der Waals surface area contributed by atoms with E-state index in [2.05, 4.69) is 4.52 Å². The van der Waals surface area contributed by atoms with Crippen LogP contribution < -0.4 is 4.74 Å². The molecule has 0 saturated carbocycles. The van der Waals surface area contributed by atoms with E-state index in [1.165, 1.54) is 24.3 Å². The summed E-state index contributed by atoms with van der Waals surface area (Å²) < 4.78 is 21.1. The van der Waals surface area contributed by atoms with E-state index in [4.69, 9.17) is 14.5 Å². The summed E-state index contributed by atoms with van der Waals surface area (Å²) >= 11 is 0. The molecular weight excluding hydrogens is 439 g/mol. The van der Waals surface area contributed by atoms with Gasteiger partial charge in [-0.25, -0.2) is 4.57 Å². The summed E-state index contributed by atoms with van der Waals surface area (Å²) in [5.74, 6) is -0.0116. The molecule has 2 N–H and O–H groups in total. The Bertz CT molecular complexity index is 749. The van der Waals surface area contributed by atoms with Gasteiger partial charge in [0.2, 0.25) is 0 Å². The SMILES string of the molecule is C[N+](C)(CCCCCCCCCCC(=O)Oc1ccc([N+](=O)[O-])cc1)CCOP(=O)(O)O. The van der Waals surface area contributed by atoms with Gasteiger partial charge in [0.25, 0.3) is 5.69 Å². The lowest BCUT2D eigenvalue weighted by molar-refractivity contribution is -0.890. The van der Waals surface area contributed by atoms with Crippen LogP contribution >= 0.6 is 7.82 Å². The van der Waals surface area contributed by atoms with Gasteiger partial charge in [0, 0.05) is 18.6 Å². The Labute approximate surface area is 189 Å². The molecule has 11 heteroatoms. The lowest BCUT2D eigenvalue weighted by Crippen LogP contribution is -2.42. The van der Waals surface area contributed by atoms with Gasteiger partial charge in [-0.3, -0.25) is 19.4 Å². The minimum atomic E-state index is -4.39. The first-order valence-electron chi connectivity index (χ1n) is 11.0. The van der Waals surface area contributed by atoms with E-state index in [-0.39, 0.29) is 18.3 Å². The zero-order valence-electron chi connectivity index (χ0n) is 19.0. The highest BCUT2D eigenvalue weighted by molar-refractivity contribution is 7.46. The molecule has 0 aliphatic carbocycles. The number of phosphoric ester groups is 1. The van der Waals surface area contributed by atoms with Crippen LogP contribution in [0.2, 0.25) is 0 Å². The highest BCUT2D eigenvalue weighted by atomic mass is 31.2. The van der Waals surface area contributed by atoms with Gasteiger partial charge < -0.3 is 19.0 Å². The molecule has 0 aliphatic heterocycles. The number of esters is 1. The fourth-order valence-electron chi connectivity index (χ4n) is 3.21. The minimum Gasteiger partial charge on any atom is -0.427 e. The number of carbonyl (C=O) groups is 1. The highest BCUT2D eigenvalue weighted by Gasteiger charge is 2.19. The van der Waals surface area contributed by atoms with Crippen LogP contribution in [0.5, 0.6) is 5.75 Å². The number of likely N-dealkylation sites (N-methyl/N-ethyl adjacent to an activating group) is 1. The molecule has 0 aliphatic rings. The molecule has 1 rings (SSSR count). The first kappa shape index (κ1) is 28.2. The Hall–Kier alpha value is -1.84. The van der Waals surface area contributed by atoms with Crippen molar-refractivity contribution in [2.75, 3.05) is 33.8 Å². The lowest BCUT2D eigenvalue weighted by Gasteiger charge is -2.29. The van der Waals surface area contributed by atoms with Crippen molar-refractivity contribution in [3.8, 4) is 5.75 Å². The minimum absolute atomic E-state index is 0.0404. The quantitative estimate of drug-likeness (QED) is 0.0651. The largest absolute Gasteiger partial charge is 0.469 e. The van der Waals surface area contributed by atoms with E-state index in [0.717, 1.165) is 57.9 Å². The normalized spacial score (nSPS) is 12.0. The van der Waals surface area contributed by atoms with E-state index in [1.807, 2.05) is 14.1 Å². The maximum absolute atomic E-state index is 11.8. The van der Waals surface area contributed by atoms with Crippen LogP contribution in [0.4, 0.5) is 5.69 Å². The first-order valence-corrected chi connectivity index (χ1v) is 12.5. The number of nitro benzene ring substituents is 1. The molecule has 0 bridgehead atoms. The van der Waals surface area contributed by atoms with Crippen LogP contribution in [0.25, 0.3) is 0 Å². The van der Waals surface area contributed by atoms with Crippen LogP contribution in [-0.4, -0.2) is 59.0 Å². The van der Waals surface area contributed by atoms with Crippen LogP contribution in [-0.2, 0) is 13.9 Å². The van der Waals surface area contributed by atoms with Crippen molar-refractivity contribution in [3.05, 3.63) is 34.4 Å². The van der Waals surface area contributed by atoms with Crippen molar-refractivity contribution in [3.63, 3.8) is 0 Å². The smallest absolute Gasteiger partial charge is 0.427 e. The molecule has 182 valence electrons. The van der Waals surface area contributed by atoms with Crippen LogP contribution in [0, 0.1) is 10.1 Å². The summed E-state index contributed by atoms with van der Waals surface area (Å²) in [4.78, 5) is 39.4. The Morgan fingerprint density at radius 1 is 0.969 bits per heavy atom. The van der Waals surface area contributed by atoms with Gasteiger partial charge in [-0.1, -0.05) is 32.1 Å². The fraction of sp³-hybridized carbons (Fsp3) is 0.667. The number of unbranched alkanes of at least 4 members (excludes halogenated alkanes) is 7. The van der Waals surface area contributed by atoms with Gasteiger partial charge in [-0.05, 0) is 31.4 Å². The number of nitro groups is 1. The molecular formula is C21H36N2O8P+. The van der Waals surface area contributed by atoms with E-state index < -0.39 is 12.7 Å². The van der Waals surface area contributed by atoms with E-state index in [0.29, 0.717) is 23.2 Å². The summed E-state index contributed by atoms with van der Waals surface area (Å²) in [7, 11) is -0.340. The van der Waals surface area contributed by atoms with Crippen LogP contribution in [0.3, 0.4) is 0 Å². The average molecular weight is 475 g/mol. The number of benzene rings is 1. The number of hydrogen-bond acceptors (Lipinski definition) is 6. The van der Waals surface area contributed by atoms with Crippen molar-refractivity contribution >= 4 is 19.5 Å². The molecule has 1 aromatic carbocycles. The molecule has 0 amide bonds. The van der Waals surface area contributed by atoms with Gasteiger partial charge in [0.05, 0.1) is 25.6 Å². The average Bonchev–Trinajstić information content (AvgIpc) is 2.68. The zero-order valence-corrected chi connectivity index (χ0v) is 19.9. The van der Waals surface area contributed by atoms with Crippen molar-refractivity contribution in [2.24, 2.45) is 0 Å². The predicted molar refractivity (Wildman–Crippen MR) is 120 cm³/mol. The molecule has 0 fully saturated rings. The number of carbonyl (C=O) groups excluding carboxylic acids is 1. The monoisotopic (exact) mass is 475 g/mol. The van der Waals surface area contributed by atoms with Crippen molar-refractivity contribution in [2.45, 2.75) is 57.8 Å². The predicted octanol–water partition coefficient (Wildman–Crippen LogP) is 4.20. The number of rotatable bonds is 17. The Morgan fingerprint density at radius 3 is 2.03 bits per heavy atom. The standard InChI is InChI=1S/C21H35N2O8P/c1-23(2,17-18-30-32(27,28)29)16-10-8-6-4-3-5-7-9-11-21(24)31-20-14-12-19(13-15-20)22(25)26/h12-15H,3-11,16-18H2,1-2H3,(H-,27,28,29)/p+1. The summed E-state index contributed by atoms with van der Waals surface area (Å²) in [5, 5.41) is 10.6. The number of quaternary nitrogens is 1. The van der Waals surface area contributed by atoms with Crippen molar-refractivity contribution < 1.29 is 37.8 Å². The molecule has 0 saturated heterocycles. The van der Waals surface area contributed by atoms with E-state index in [1.54, 1.807) is 0 Å². The van der Waals surface area contributed by atoms with Gasteiger partial charge in [0.1, 0.15) is 18.9 Å². The maximum atomic E-state index is 11.8. The van der Waals surface area contributed by atoms with Gasteiger partial charge in [0.15, 0.2) is 0 Å². The van der Waals surface area contributed by atoms with E-state index in [9.17, 15) is 19.5 Å². The third-order valence-electron chi connectivity index (χ3n) is 5.13. The Kier molecular flexibility index (Phi) is 12.6. The van der Waals surface area contributed by atoms with Gasteiger partial charge in [-0.15, -0.1) is 0 Å². The van der Waals surface area contributed by atoms with Crippen molar-refractivity contribution in [1.82, 2.24) is 0 Å². The molecule has 0 aromatic heterocycles. The third-order valence-corrected chi connectivity index (χ3v) is 5.65. The molecule has 0 spiro atoms.